The summed E-state index contributed by atoms with van der Waals surface area (Å²) in [6, 6.07) is 0.420. The first-order valence-electron chi connectivity index (χ1n) is 4.76. The second-order valence-electron chi connectivity index (χ2n) is 3.47. The van der Waals surface area contributed by atoms with E-state index in [-0.39, 0.29) is 6.61 Å². The van der Waals surface area contributed by atoms with Crippen LogP contribution in [0.1, 0.15) is 26.7 Å². The average Bonchev–Trinajstić information content (AvgIpc) is 2.04. The third-order valence-electron chi connectivity index (χ3n) is 2.05. The molecule has 0 saturated heterocycles. The maximum atomic E-state index is 8.55. The molecule has 0 aliphatic carbocycles. The Morgan fingerprint density at radius 1 is 1.33 bits per heavy atom. The molecule has 0 spiro atoms. The first-order chi connectivity index (χ1) is 5.72. The van der Waals surface area contributed by atoms with Gasteiger partial charge in [-0.3, -0.25) is 0 Å². The van der Waals surface area contributed by atoms with Gasteiger partial charge in [-0.2, -0.15) is 0 Å². The molecule has 4 N–H and O–H groups in total. The molecule has 1 unspecified atom stereocenters. The van der Waals surface area contributed by atoms with Crippen molar-refractivity contribution >= 4 is 0 Å². The number of unbranched alkanes of at least 4 members (excludes halogenated alkanes) is 1. The molecule has 0 rings (SSSR count). The van der Waals surface area contributed by atoms with Crippen LogP contribution in [0.3, 0.4) is 0 Å². The highest BCUT2D eigenvalue weighted by molar-refractivity contribution is 4.70. The van der Waals surface area contributed by atoms with Gasteiger partial charge in [0.2, 0.25) is 0 Å². The molecule has 0 aromatic heterocycles. The highest BCUT2D eigenvalue weighted by Gasteiger charge is 2.08. The van der Waals surface area contributed by atoms with Gasteiger partial charge in [-0.05, 0) is 25.3 Å². The smallest absolute Gasteiger partial charge is 0.0431 e. The van der Waals surface area contributed by atoms with Crippen LogP contribution < -0.4 is 11.1 Å². The molecule has 0 aliphatic rings. The van der Waals surface area contributed by atoms with Gasteiger partial charge in [0.15, 0.2) is 0 Å². The van der Waals surface area contributed by atoms with Crippen LogP contribution in [-0.4, -0.2) is 30.8 Å². The van der Waals surface area contributed by atoms with Crippen LogP contribution in [0, 0.1) is 5.92 Å². The first kappa shape index (κ1) is 11.9. The van der Waals surface area contributed by atoms with E-state index in [1.54, 1.807) is 0 Å². The molecule has 0 aromatic carbocycles. The Kier molecular flexibility index (Phi) is 7.45. The minimum absolute atomic E-state index is 0.288. The Balaban J connectivity index is 3.32. The molecule has 3 nitrogen and oxygen atoms in total. The molecule has 0 amide bonds. The molecule has 0 heterocycles. The molecule has 0 aromatic rings. The SMILES string of the molecule is CC(C)C(CN)NCCCCO. The van der Waals surface area contributed by atoms with Gasteiger partial charge in [-0.1, -0.05) is 13.8 Å². The van der Waals surface area contributed by atoms with Gasteiger partial charge in [-0.15, -0.1) is 0 Å². The van der Waals surface area contributed by atoms with Gasteiger partial charge in [0.25, 0.3) is 0 Å². The molecular formula is C9H22N2O. The zero-order valence-corrected chi connectivity index (χ0v) is 8.21. The van der Waals surface area contributed by atoms with Crippen molar-refractivity contribution in [3.8, 4) is 0 Å². The molecule has 0 radical (unpaired) electrons. The standard InChI is InChI=1S/C9H22N2O/c1-8(2)9(7-10)11-5-3-4-6-12/h8-9,11-12H,3-7,10H2,1-2H3. The number of nitrogens with two attached hydrogens (primary N) is 1. The van der Waals surface area contributed by atoms with Crippen LogP contribution in [0.5, 0.6) is 0 Å². The van der Waals surface area contributed by atoms with E-state index >= 15 is 0 Å². The van der Waals surface area contributed by atoms with Crippen molar-refractivity contribution in [1.82, 2.24) is 5.32 Å². The Morgan fingerprint density at radius 3 is 2.42 bits per heavy atom. The minimum atomic E-state index is 0.288. The zero-order valence-electron chi connectivity index (χ0n) is 8.21. The second-order valence-corrected chi connectivity index (χ2v) is 3.47. The highest BCUT2D eigenvalue weighted by atomic mass is 16.2. The first-order valence-corrected chi connectivity index (χ1v) is 4.76. The van der Waals surface area contributed by atoms with Crippen LogP contribution in [0.4, 0.5) is 0 Å². The summed E-state index contributed by atoms with van der Waals surface area (Å²) in [4.78, 5) is 0. The van der Waals surface area contributed by atoms with E-state index in [1.807, 2.05) is 0 Å². The number of aliphatic hydroxyl groups is 1. The molecule has 0 bridgehead atoms. The van der Waals surface area contributed by atoms with Crippen LogP contribution in [0.15, 0.2) is 0 Å². The van der Waals surface area contributed by atoms with Gasteiger partial charge in [-0.25, -0.2) is 0 Å². The van der Waals surface area contributed by atoms with Gasteiger partial charge < -0.3 is 16.2 Å². The third kappa shape index (κ3) is 5.52. The Bertz CT molecular complexity index is 96.5. The lowest BCUT2D eigenvalue weighted by atomic mass is 10.0. The third-order valence-corrected chi connectivity index (χ3v) is 2.05. The summed E-state index contributed by atoms with van der Waals surface area (Å²) < 4.78 is 0. The zero-order chi connectivity index (χ0) is 9.40. The summed E-state index contributed by atoms with van der Waals surface area (Å²) in [7, 11) is 0. The molecule has 0 saturated carbocycles. The summed E-state index contributed by atoms with van der Waals surface area (Å²) >= 11 is 0. The molecule has 12 heavy (non-hydrogen) atoms. The summed E-state index contributed by atoms with van der Waals surface area (Å²) in [5, 5.41) is 11.9. The van der Waals surface area contributed by atoms with Gasteiger partial charge in [0, 0.05) is 19.2 Å². The minimum Gasteiger partial charge on any atom is -0.396 e. The number of rotatable bonds is 7. The maximum Gasteiger partial charge on any atom is 0.0431 e. The fourth-order valence-corrected chi connectivity index (χ4v) is 1.12. The van der Waals surface area contributed by atoms with Gasteiger partial charge in [0.05, 0.1) is 0 Å². The molecule has 1 atom stereocenters. The second kappa shape index (κ2) is 7.53. The monoisotopic (exact) mass is 174 g/mol. The number of hydrogen-bond acceptors (Lipinski definition) is 3. The van der Waals surface area contributed by atoms with Gasteiger partial charge in [0.1, 0.15) is 0 Å². The van der Waals surface area contributed by atoms with E-state index in [1.165, 1.54) is 0 Å². The molecule has 3 heteroatoms. The molecule has 0 aliphatic heterocycles. The number of hydrogen-bond donors (Lipinski definition) is 3. The van der Waals surface area contributed by atoms with Gasteiger partial charge >= 0.3 is 0 Å². The molecule has 0 fully saturated rings. The largest absolute Gasteiger partial charge is 0.396 e. The highest BCUT2D eigenvalue weighted by Crippen LogP contribution is 1.99. The number of nitrogens with one attached hydrogen (secondary N) is 1. The van der Waals surface area contributed by atoms with E-state index < -0.39 is 0 Å². The lowest BCUT2D eigenvalue weighted by molar-refractivity contribution is 0.281. The van der Waals surface area contributed by atoms with Crippen molar-refractivity contribution in [3.63, 3.8) is 0 Å². The van der Waals surface area contributed by atoms with Crippen LogP contribution in [-0.2, 0) is 0 Å². The van der Waals surface area contributed by atoms with E-state index in [0.717, 1.165) is 19.4 Å². The van der Waals surface area contributed by atoms with E-state index in [2.05, 4.69) is 19.2 Å². The molecular weight excluding hydrogens is 152 g/mol. The van der Waals surface area contributed by atoms with Crippen molar-refractivity contribution in [2.24, 2.45) is 11.7 Å². The Hall–Kier alpha value is -0.120. The van der Waals surface area contributed by atoms with Crippen LogP contribution in [0.2, 0.25) is 0 Å². The van der Waals surface area contributed by atoms with E-state index in [9.17, 15) is 0 Å². The normalized spacial score (nSPS) is 13.8. The fourth-order valence-electron chi connectivity index (χ4n) is 1.12. The number of aliphatic hydroxyl groups excluding tert-OH is 1. The predicted molar refractivity (Wildman–Crippen MR) is 52.0 cm³/mol. The van der Waals surface area contributed by atoms with Crippen molar-refractivity contribution in [2.45, 2.75) is 32.7 Å². The van der Waals surface area contributed by atoms with Crippen LogP contribution >= 0.6 is 0 Å². The fraction of sp³-hybridized carbons (Fsp3) is 1.00. The van der Waals surface area contributed by atoms with E-state index in [4.69, 9.17) is 10.8 Å². The Labute approximate surface area is 75.3 Å². The summed E-state index contributed by atoms with van der Waals surface area (Å²) in [5.41, 5.74) is 5.58. The topological polar surface area (TPSA) is 58.3 Å². The van der Waals surface area contributed by atoms with Crippen LogP contribution in [0.25, 0.3) is 0 Å². The molecule has 74 valence electrons. The lowest BCUT2D eigenvalue weighted by Gasteiger charge is -2.20. The van der Waals surface area contributed by atoms with Crippen molar-refractivity contribution < 1.29 is 5.11 Å². The maximum absolute atomic E-state index is 8.55. The lowest BCUT2D eigenvalue weighted by Crippen LogP contribution is -2.40. The quantitative estimate of drug-likeness (QED) is 0.488. The predicted octanol–water partition coefficient (Wildman–Crippen LogP) is 0.332. The van der Waals surface area contributed by atoms with Crippen molar-refractivity contribution in [3.05, 3.63) is 0 Å². The van der Waals surface area contributed by atoms with Crippen molar-refractivity contribution in [2.75, 3.05) is 19.7 Å². The summed E-state index contributed by atoms with van der Waals surface area (Å²) in [5.74, 6) is 0.587. The van der Waals surface area contributed by atoms with Crippen molar-refractivity contribution in [1.29, 1.82) is 0 Å². The Morgan fingerprint density at radius 2 is 2.00 bits per heavy atom. The average molecular weight is 174 g/mol. The summed E-state index contributed by atoms with van der Waals surface area (Å²) in [6.45, 7) is 6.27. The summed E-state index contributed by atoms with van der Waals surface area (Å²) in [6.07, 6.45) is 1.90. The van der Waals surface area contributed by atoms with E-state index in [0.29, 0.717) is 18.5 Å².